The van der Waals surface area contributed by atoms with E-state index in [9.17, 15) is 13.2 Å². The summed E-state index contributed by atoms with van der Waals surface area (Å²) in [6, 6.07) is 7.36. The molecule has 2 aromatic heterocycles. The van der Waals surface area contributed by atoms with Crippen molar-refractivity contribution in [2.75, 3.05) is 25.1 Å². The Morgan fingerprint density at radius 2 is 2.05 bits per heavy atom. The molecule has 1 aromatic carbocycles. The Bertz CT molecular complexity index is 1520. The average Bonchev–Trinajstić information content (AvgIpc) is 3.49. The van der Waals surface area contributed by atoms with Gasteiger partial charge in [0.25, 0.3) is 5.91 Å². The van der Waals surface area contributed by atoms with Gasteiger partial charge in [0.05, 0.1) is 22.2 Å². The van der Waals surface area contributed by atoms with E-state index in [1.54, 1.807) is 12.4 Å². The van der Waals surface area contributed by atoms with Crippen molar-refractivity contribution in [1.82, 2.24) is 14.9 Å². The number of benzene rings is 1. The van der Waals surface area contributed by atoms with E-state index < -0.39 is 21.8 Å². The number of hydrogen-bond donors (Lipinski definition) is 2. The lowest BCUT2D eigenvalue weighted by atomic mass is 10.0. The van der Waals surface area contributed by atoms with E-state index in [0.717, 1.165) is 48.5 Å². The van der Waals surface area contributed by atoms with Crippen LogP contribution in [0.15, 0.2) is 36.2 Å². The summed E-state index contributed by atoms with van der Waals surface area (Å²) in [5.41, 5.74) is 8.94. The zero-order valence-electron chi connectivity index (χ0n) is 21.8. The Morgan fingerprint density at radius 1 is 1.28 bits per heavy atom. The second-order valence-corrected chi connectivity index (χ2v) is 13.5. The Hall–Kier alpha value is -2.86. The van der Waals surface area contributed by atoms with Crippen molar-refractivity contribution >= 4 is 44.8 Å². The molecule has 0 spiro atoms. The Labute approximate surface area is 236 Å². The summed E-state index contributed by atoms with van der Waals surface area (Å²) in [5, 5.41) is 4.49. The van der Waals surface area contributed by atoms with Crippen molar-refractivity contribution in [1.29, 1.82) is 0 Å². The van der Waals surface area contributed by atoms with Crippen LogP contribution in [0.3, 0.4) is 0 Å². The van der Waals surface area contributed by atoms with Gasteiger partial charge >= 0.3 is 0 Å². The molecule has 1 fully saturated rings. The van der Waals surface area contributed by atoms with Crippen LogP contribution < -0.4 is 20.5 Å². The molecule has 3 aromatic rings. The number of imidazole rings is 1. The minimum Gasteiger partial charge on any atom is -0.489 e. The molecule has 1 unspecified atom stereocenters. The number of nitrogens with zero attached hydrogens (tertiary/aromatic N) is 2. The fourth-order valence-corrected chi connectivity index (χ4v) is 7.08. The third kappa shape index (κ3) is 6.32. The second kappa shape index (κ2) is 11.3. The first-order valence-electron chi connectivity index (χ1n) is 12.8. The van der Waals surface area contributed by atoms with Gasteiger partial charge in [0.15, 0.2) is 9.84 Å². The van der Waals surface area contributed by atoms with E-state index in [4.69, 9.17) is 26.8 Å². The fraction of sp³-hybridized carbons (Fsp3) is 0.407. The Balaban J connectivity index is 1.41. The SMILES string of the molecule is CC(Oc1cc(-n2cnc3c2C=C(CS(C)(=O)=O)CC3)sc1C(N)=O)c1cccc(OC2CCNCC2)c1Cl. The van der Waals surface area contributed by atoms with Crippen molar-refractivity contribution in [3.8, 4) is 16.5 Å². The molecule has 1 aliphatic heterocycles. The van der Waals surface area contributed by atoms with Crippen molar-refractivity contribution < 1.29 is 22.7 Å². The number of piperidine rings is 1. The van der Waals surface area contributed by atoms with E-state index >= 15 is 0 Å². The highest BCUT2D eigenvalue weighted by Gasteiger charge is 2.25. The van der Waals surface area contributed by atoms with Crippen LogP contribution in [0.1, 0.15) is 58.9 Å². The smallest absolute Gasteiger partial charge is 0.262 e. The topological polar surface area (TPSA) is 126 Å². The van der Waals surface area contributed by atoms with E-state index in [-0.39, 0.29) is 16.7 Å². The number of thiophene rings is 1. The molecule has 39 heavy (non-hydrogen) atoms. The lowest BCUT2D eigenvalue weighted by Crippen LogP contribution is -2.34. The number of aromatic nitrogens is 2. The number of halogens is 1. The van der Waals surface area contributed by atoms with Gasteiger partial charge in [-0.25, -0.2) is 13.4 Å². The van der Waals surface area contributed by atoms with E-state index in [1.165, 1.54) is 17.6 Å². The second-order valence-electron chi connectivity index (χ2n) is 9.95. The van der Waals surface area contributed by atoms with E-state index in [2.05, 4.69) is 10.3 Å². The van der Waals surface area contributed by atoms with Gasteiger partial charge in [0.2, 0.25) is 0 Å². The number of ether oxygens (including phenoxy) is 2. The number of carbonyl (C=O) groups excluding carboxylic acids is 1. The lowest BCUT2D eigenvalue weighted by Gasteiger charge is -2.25. The number of sulfone groups is 1. The van der Waals surface area contributed by atoms with Crippen LogP contribution in [0.2, 0.25) is 5.02 Å². The zero-order chi connectivity index (χ0) is 27.7. The van der Waals surface area contributed by atoms with Gasteiger partial charge < -0.3 is 20.5 Å². The molecule has 3 N–H and O–H groups in total. The first kappa shape index (κ1) is 27.7. The van der Waals surface area contributed by atoms with E-state index in [0.29, 0.717) is 34.4 Å². The molecule has 1 aliphatic carbocycles. The van der Waals surface area contributed by atoms with Gasteiger partial charge in [-0.15, -0.1) is 11.3 Å². The average molecular weight is 591 g/mol. The van der Waals surface area contributed by atoms with Crippen LogP contribution in [0, 0.1) is 0 Å². The number of fused-ring (bicyclic) bond motifs is 1. The van der Waals surface area contributed by atoms with Gasteiger partial charge in [-0.05, 0) is 57.8 Å². The summed E-state index contributed by atoms with van der Waals surface area (Å²) in [4.78, 5) is 17.1. The number of aryl methyl sites for hydroxylation is 1. The zero-order valence-corrected chi connectivity index (χ0v) is 24.2. The molecule has 1 atom stereocenters. The summed E-state index contributed by atoms with van der Waals surface area (Å²) in [6.45, 7) is 3.68. The maximum Gasteiger partial charge on any atom is 0.262 e. The summed E-state index contributed by atoms with van der Waals surface area (Å²) in [6.07, 6.45) is 7.49. The molecule has 208 valence electrons. The minimum absolute atomic E-state index is 0.00163. The predicted molar refractivity (Wildman–Crippen MR) is 153 cm³/mol. The Morgan fingerprint density at radius 3 is 2.77 bits per heavy atom. The molecule has 0 saturated carbocycles. The monoisotopic (exact) mass is 590 g/mol. The van der Waals surface area contributed by atoms with Gasteiger partial charge in [-0.3, -0.25) is 9.36 Å². The molecule has 0 bridgehead atoms. The van der Waals surface area contributed by atoms with Crippen LogP contribution >= 0.6 is 22.9 Å². The summed E-state index contributed by atoms with van der Waals surface area (Å²) >= 11 is 7.94. The molecule has 1 amide bonds. The highest BCUT2D eigenvalue weighted by atomic mass is 35.5. The number of nitrogens with two attached hydrogens (primary N) is 1. The number of amides is 1. The Kier molecular flexibility index (Phi) is 8.04. The summed E-state index contributed by atoms with van der Waals surface area (Å²) in [5.74, 6) is 0.348. The van der Waals surface area contributed by atoms with Crippen LogP contribution in [-0.4, -0.2) is 55.1 Å². The predicted octanol–water partition coefficient (Wildman–Crippen LogP) is 4.33. The molecule has 5 rings (SSSR count). The van der Waals surface area contributed by atoms with Gasteiger partial charge in [-0.2, -0.15) is 0 Å². The summed E-state index contributed by atoms with van der Waals surface area (Å²) < 4.78 is 38.0. The van der Waals surface area contributed by atoms with E-state index in [1.807, 2.05) is 35.8 Å². The lowest BCUT2D eigenvalue weighted by molar-refractivity contribution is 0.0998. The maximum absolute atomic E-state index is 12.4. The first-order valence-corrected chi connectivity index (χ1v) is 16.0. The normalized spacial score (nSPS) is 16.8. The number of carbonyl (C=O) groups is 1. The number of primary amides is 1. The molecule has 3 heterocycles. The van der Waals surface area contributed by atoms with Gasteiger partial charge in [0.1, 0.15) is 39.9 Å². The number of rotatable bonds is 9. The van der Waals surface area contributed by atoms with Crippen LogP contribution in [0.25, 0.3) is 11.1 Å². The molecule has 2 aliphatic rings. The molecule has 9 nitrogen and oxygen atoms in total. The quantitative estimate of drug-likeness (QED) is 0.380. The van der Waals surface area contributed by atoms with Gasteiger partial charge in [0, 0.05) is 17.9 Å². The van der Waals surface area contributed by atoms with Crippen LogP contribution in [0.5, 0.6) is 11.5 Å². The fourth-order valence-electron chi connectivity index (χ4n) is 4.93. The highest BCUT2D eigenvalue weighted by Crippen LogP contribution is 2.39. The van der Waals surface area contributed by atoms with Gasteiger partial charge in [-0.1, -0.05) is 29.3 Å². The van der Waals surface area contributed by atoms with Crippen LogP contribution in [0.4, 0.5) is 0 Å². The minimum atomic E-state index is -3.15. The van der Waals surface area contributed by atoms with Crippen molar-refractivity contribution in [2.45, 2.75) is 44.8 Å². The molecular weight excluding hydrogens is 560 g/mol. The third-order valence-corrected chi connectivity index (χ3v) is 9.25. The summed E-state index contributed by atoms with van der Waals surface area (Å²) in [7, 11) is -3.15. The standard InChI is InChI=1S/C27H31ClN4O5S2/c1-16(19-4-3-5-22(25(19)28)37-18-8-10-30-11-9-18)36-23-13-24(38-26(23)27(29)33)32-15-31-20-7-6-17(12-21(20)32)14-39(2,34)35/h3-5,12-13,15-16,18,30H,6-11,14H2,1-2H3,(H2,29,33). The number of nitrogens with one attached hydrogen (secondary N) is 1. The molecule has 1 saturated heterocycles. The van der Waals surface area contributed by atoms with Crippen LogP contribution in [-0.2, 0) is 16.3 Å². The maximum atomic E-state index is 12.4. The largest absolute Gasteiger partial charge is 0.489 e. The third-order valence-electron chi connectivity index (χ3n) is 6.82. The molecule has 12 heteroatoms. The van der Waals surface area contributed by atoms with Crippen molar-refractivity contribution in [3.63, 3.8) is 0 Å². The van der Waals surface area contributed by atoms with Crippen molar-refractivity contribution in [3.05, 3.63) is 63.0 Å². The molecular formula is C27H31ClN4O5S2. The number of hydrogen-bond acceptors (Lipinski definition) is 8. The highest BCUT2D eigenvalue weighted by molar-refractivity contribution is 7.90. The molecule has 0 radical (unpaired) electrons. The first-order chi connectivity index (χ1) is 18.6. The van der Waals surface area contributed by atoms with Crippen molar-refractivity contribution in [2.24, 2.45) is 5.73 Å².